The first kappa shape index (κ1) is 15.3. The molecule has 1 fully saturated rings. The zero-order valence-corrected chi connectivity index (χ0v) is 13.5. The third-order valence-corrected chi connectivity index (χ3v) is 7.76. The third kappa shape index (κ3) is 3.52. The van der Waals surface area contributed by atoms with Gasteiger partial charge >= 0.3 is 0 Å². The molecule has 0 amide bonds. The van der Waals surface area contributed by atoms with Crippen molar-refractivity contribution < 1.29 is 13.5 Å². The van der Waals surface area contributed by atoms with Crippen molar-refractivity contribution >= 4 is 33.1 Å². The van der Waals surface area contributed by atoms with Crippen LogP contribution in [-0.2, 0) is 16.6 Å². The maximum absolute atomic E-state index is 12.3. The first-order valence-corrected chi connectivity index (χ1v) is 9.80. The third-order valence-electron chi connectivity index (χ3n) is 3.45. The highest BCUT2D eigenvalue weighted by Gasteiger charge is 2.29. The van der Waals surface area contributed by atoms with Gasteiger partial charge in [0.2, 0.25) is 10.0 Å². The number of sulfonamides is 1. The van der Waals surface area contributed by atoms with Crippen molar-refractivity contribution in [3.05, 3.63) is 16.5 Å². The van der Waals surface area contributed by atoms with Crippen molar-refractivity contribution in [3.63, 3.8) is 0 Å². The highest BCUT2D eigenvalue weighted by Crippen LogP contribution is 2.31. The lowest BCUT2D eigenvalue weighted by molar-refractivity contribution is 0.285. The Morgan fingerprint density at radius 1 is 1.53 bits per heavy atom. The molecule has 0 aromatic carbocycles. The zero-order chi connectivity index (χ0) is 14.0. The predicted molar refractivity (Wildman–Crippen MR) is 80.2 cm³/mol. The van der Waals surface area contributed by atoms with Gasteiger partial charge in [0.1, 0.15) is 4.21 Å². The average Bonchev–Trinajstić information content (AvgIpc) is 2.95. The summed E-state index contributed by atoms with van der Waals surface area (Å²) in [6.07, 6.45) is 4.94. The molecule has 2 unspecified atom stereocenters. The summed E-state index contributed by atoms with van der Waals surface area (Å²) >= 11 is 2.95. The molecule has 1 aromatic rings. The molecule has 7 heteroatoms. The molecule has 4 nitrogen and oxygen atoms in total. The minimum atomic E-state index is -3.44. The van der Waals surface area contributed by atoms with Crippen LogP contribution in [-0.4, -0.2) is 31.1 Å². The Morgan fingerprint density at radius 3 is 2.79 bits per heavy atom. The number of hydrogen-bond donors (Lipinski definition) is 2. The molecule has 2 atom stereocenters. The van der Waals surface area contributed by atoms with Gasteiger partial charge in [-0.15, -0.1) is 11.3 Å². The fourth-order valence-electron chi connectivity index (χ4n) is 2.32. The highest BCUT2D eigenvalue weighted by atomic mass is 32.2. The quantitative estimate of drug-likeness (QED) is 0.872. The molecule has 1 saturated carbocycles. The predicted octanol–water partition coefficient (Wildman–Crippen LogP) is 2.11. The van der Waals surface area contributed by atoms with E-state index in [4.69, 9.17) is 5.11 Å². The van der Waals surface area contributed by atoms with E-state index in [0.717, 1.165) is 36.2 Å². The number of aryl methyl sites for hydroxylation is 1. The molecule has 2 rings (SSSR count). The van der Waals surface area contributed by atoms with E-state index in [2.05, 4.69) is 11.0 Å². The molecule has 2 N–H and O–H groups in total. The number of hydrogen-bond acceptors (Lipinski definition) is 5. The topological polar surface area (TPSA) is 66.4 Å². The van der Waals surface area contributed by atoms with Crippen molar-refractivity contribution in [1.29, 1.82) is 0 Å². The van der Waals surface area contributed by atoms with Crippen LogP contribution in [0.25, 0.3) is 0 Å². The van der Waals surface area contributed by atoms with E-state index in [-0.39, 0.29) is 12.6 Å². The zero-order valence-electron chi connectivity index (χ0n) is 11.0. The van der Waals surface area contributed by atoms with Crippen LogP contribution >= 0.6 is 23.1 Å². The summed E-state index contributed by atoms with van der Waals surface area (Å²) in [4.78, 5) is 0.716. The van der Waals surface area contributed by atoms with Crippen LogP contribution in [0.4, 0.5) is 0 Å². The molecule has 1 aliphatic carbocycles. The molecule has 1 aliphatic rings. The second-order valence-corrected chi connectivity index (χ2v) is 9.03. The summed E-state index contributed by atoms with van der Waals surface area (Å²) in [5, 5.41) is 9.70. The van der Waals surface area contributed by atoms with E-state index >= 15 is 0 Å². The Balaban J connectivity index is 2.10. The van der Waals surface area contributed by atoms with Crippen LogP contribution < -0.4 is 4.72 Å². The van der Waals surface area contributed by atoms with Crippen molar-refractivity contribution in [3.8, 4) is 0 Å². The molecular formula is C12H19NO3S3. The van der Waals surface area contributed by atoms with E-state index in [9.17, 15) is 8.42 Å². The van der Waals surface area contributed by atoms with Gasteiger partial charge in [0.15, 0.2) is 0 Å². The van der Waals surface area contributed by atoms with E-state index < -0.39 is 10.0 Å². The largest absolute Gasteiger partial charge is 0.391 e. The van der Waals surface area contributed by atoms with Gasteiger partial charge in [0.25, 0.3) is 0 Å². The molecule has 0 saturated heterocycles. The molecule has 1 heterocycles. The fourth-order valence-corrected chi connectivity index (χ4v) is 5.86. The number of nitrogens with one attached hydrogen (secondary N) is 1. The summed E-state index contributed by atoms with van der Waals surface area (Å²) in [7, 11) is -3.44. The van der Waals surface area contributed by atoms with Crippen LogP contribution in [0, 0.1) is 6.92 Å². The smallest absolute Gasteiger partial charge is 0.250 e. The number of thiophene rings is 1. The van der Waals surface area contributed by atoms with Crippen molar-refractivity contribution in [2.45, 2.75) is 48.3 Å². The SMILES string of the molecule is CSC1CCC(NS(=O)(=O)c2cc(C)c(CO)s2)C1. The van der Waals surface area contributed by atoms with E-state index in [1.807, 2.05) is 6.92 Å². The van der Waals surface area contributed by atoms with Gasteiger partial charge in [0.05, 0.1) is 6.61 Å². The Hall–Kier alpha value is -0.0800. The highest BCUT2D eigenvalue weighted by molar-refractivity contribution is 7.99. The van der Waals surface area contributed by atoms with Crippen LogP contribution in [0.3, 0.4) is 0 Å². The van der Waals surface area contributed by atoms with Crippen LogP contribution in [0.5, 0.6) is 0 Å². The standard InChI is InChI=1S/C12H19NO3S3/c1-8-5-12(18-11(8)7-14)19(15,16)13-9-3-4-10(6-9)17-2/h5,9-10,13-14H,3-4,6-7H2,1-2H3. The molecule has 0 bridgehead atoms. The monoisotopic (exact) mass is 321 g/mol. The van der Waals surface area contributed by atoms with Crippen molar-refractivity contribution in [1.82, 2.24) is 4.72 Å². The lowest BCUT2D eigenvalue weighted by Gasteiger charge is -2.12. The normalized spacial score (nSPS) is 23.9. The summed E-state index contributed by atoms with van der Waals surface area (Å²) in [5.74, 6) is 0. The van der Waals surface area contributed by atoms with Gasteiger partial charge in [-0.1, -0.05) is 0 Å². The van der Waals surface area contributed by atoms with E-state index in [1.165, 1.54) is 0 Å². The van der Waals surface area contributed by atoms with Gasteiger partial charge in [-0.3, -0.25) is 0 Å². The fraction of sp³-hybridized carbons (Fsp3) is 0.667. The van der Waals surface area contributed by atoms with Crippen LogP contribution in [0.1, 0.15) is 29.7 Å². The Labute approximate surface area is 122 Å². The second-order valence-electron chi connectivity index (χ2n) is 4.82. The Bertz CT molecular complexity index is 538. The maximum atomic E-state index is 12.3. The summed E-state index contributed by atoms with van der Waals surface area (Å²) in [5.41, 5.74) is 0.835. The molecule has 108 valence electrons. The number of aliphatic hydroxyl groups excluding tert-OH is 1. The summed E-state index contributed by atoms with van der Waals surface area (Å²) in [6, 6.07) is 1.68. The van der Waals surface area contributed by atoms with Crippen molar-refractivity contribution in [2.24, 2.45) is 0 Å². The van der Waals surface area contributed by atoms with Gasteiger partial charge in [-0.05, 0) is 44.1 Å². The van der Waals surface area contributed by atoms with Crippen LogP contribution in [0.15, 0.2) is 10.3 Å². The van der Waals surface area contributed by atoms with E-state index in [0.29, 0.717) is 14.3 Å². The average molecular weight is 321 g/mol. The minimum absolute atomic E-state index is 0.0439. The molecule has 0 radical (unpaired) electrons. The number of aliphatic hydroxyl groups is 1. The van der Waals surface area contributed by atoms with Gasteiger partial charge in [0, 0.05) is 16.2 Å². The second kappa shape index (κ2) is 6.13. The minimum Gasteiger partial charge on any atom is -0.391 e. The molecular weight excluding hydrogens is 302 g/mol. The first-order valence-electron chi connectivity index (χ1n) is 6.21. The lowest BCUT2D eigenvalue weighted by atomic mass is 10.3. The van der Waals surface area contributed by atoms with Gasteiger partial charge in [-0.25, -0.2) is 13.1 Å². The van der Waals surface area contributed by atoms with Gasteiger partial charge in [-0.2, -0.15) is 11.8 Å². The molecule has 19 heavy (non-hydrogen) atoms. The Morgan fingerprint density at radius 2 is 2.26 bits per heavy atom. The Kier molecular flexibility index (Phi) is 4.94. The lowest BCUT2D eigenvalue weighted by Crippen LogP contribution is -2.32. The van der Waals surface area contributed by atoms with Crippen molar-refractivity contribution in [2.75, 3.05) is 6.26 Å². The molecule has 0 spiro atoms. The maximum Gasteiger partial charge on any atom is 0.250 e. The summed E-state index contributed by atoms with van der Waals surface area (Å²) in [6.45, 7) is 1.71. The number of thioether (sulfide) groups is 1. The molecule has 0 aliphatic heterocycles. The first-order chi connectivity index (χ1) is 8.96. The van der Waals surface area contributed by atoms with Gasteiger partial charge < -0.3 is 5.11 Å². The summed E-state index contributed by atoms with van der Waals surface area (Å²) < 4.78 is 27.6. The van der Waals surface area contributed by atoms with E-state index in [1.54, 1.807) is 17.8 Å². The number of rotatable bonds is 5. The van der Waals surface area contributed by atoms with Crippen LogP contribution in [0.2, 0.25) is 0 Å². The molecule has 1 aromatic heterocycles.